The molecule has 1 N–H and O–H groups in total. The van der Waals surface area contributed by atoms with E-state index in [0.29, 0.717) is 6.61 Å². The molecule has 0 unspecified atom stereocenters. The molecule has 3 aromatic carbocycles. The molecule has 3 nitrogen and oxygen atoms in total. The molecule has 0 aliphatic rings. The van der Waals surface area contributed by atoms with Gasteiger partial charge in [0.25, 0.3) is 0 Å². The van der Waals surface area contributed by atoms with Gasteiger partial charge in [-0.25, -0.2) is 0 Å². The lowest BCUT2D eigenvalue weighted by molar-refractivity contribution is 0.317. The predicted octanol–water partition coefficient (Wildman–Crippen LogP) is 4.61. The van der Waals surface area contributed by atoms with Gasteiger partial charge in [-0.1, -0.05) is 60.7 Å². The fourth-order valence-electron chi connectivity index (χ4n) is 2.80. The summed E-state index contributed by atoms with van der Waals surface area (Å²) in [4.78, 5) is 0. The third-order valence-electron chi connectivity index (χ3n) is 4.27. The Balaban J connectivity index is 1.50. The highest BCUT2D eigenvalue weighted by Gasteiger charge is 2.03. The molecular weight excluding hydrogens is 322 g/mol. The molecule has 0 aliphatic carbocycles. The molecule has 0 atom stereocenters. The van der Waals surface area contributed by atoms with Crippen molar-refractivity contribution < 1.29 is 9.47 Å². The maximum atomic E-state index is 6.02. The SMILES string of the molecule is COc1ccc(CNCc2ccccc2OCCc2ccccc2)cc1. The van der Waals surface area contributed by atoms with E-state index in [1.807, 2.05) is 30.3 Å². The lowest BCUT2D eigenvalue weighted by atomic mass is 10.1. The van der Waals surface area contributed by atoms with Gasteiger partial charge in [-0.05, 0) is 29.3 Å². The smallest absolute Gasteiger partial charge is 0.123 e. The van der Waals surface area contributed by atoms with Crippen LogP contribution in [0.3, 0.4) is 0 Å². The second-order valence-electron chi connectivity index (χ2n) is 6.14. The highest BCUT2D eigenvalue weighted by Crippen LogP contribution is 2.18. The fraction of sp³-hybridized carbons (Fsp3) is 0.217. The summed E-state index contributed by atoms with van der Waals surface area (Å²) in [6.07, 6.45) is 0.911. The number of methoxy groups -OCH3 is 1. The first-order valence-corrected chi connectivity index (χ1v) is 8.93. The Morgan fingerprint density at radius 3 is 2.23 bits per heavy atom. The van der Waals surface area contributed by atoms with Crippen LogP contribution in [-0.2, 0) is 19.5 Å². The Labute approximate surface area is 155 Å². The molecule has 0 amide bonds. The van der Waals surface area contributed by atoms with Crippen molar-refractivity contribution in [1.82, 2.24) is 5.32 Å². The monoisotopic (exact) mass is 347 g/mol. The van der Waals surface area contributed by atoms with Gasteiger partial charge in [-0.2, -0.15) is 0 Å². The summed E-state index contributed by atoms with van der Waals surface area (Å²) in [5.74, 6) is 1.83. The van der Waals surface area contributed by atoms with Gasteiger partial charge in [0.05, 0.1) is 13.7 Å². The van der Waals surface area contributed by atoms with Crippen molar-refractivity contribution in [2.75, 3.05) is 13.7 Å². The predicted molar refractivity (Wildman–Crippen MR) is 106 cm³/mol. The molecule has 0 radical (unpaired) electrons. The minimum Gasteiger partial charge on any atom is -0.497 e. The molecule has 0 bridgehead atoms. The summed E-state index contributed by atoms with van der Waals surface area (Å²) in [7, 11) is 1.68. The third kappa shape index (κ3) is 5.36. The van der Waals surface area contributed by atoms with Crippen molar-refractivity contribution in [3.8, 4) is 11.5 Å². The number of hydrogen-bond donors (Lipinski definition) is 1. The van der Waals surface area contributed by atoms with E-state index in [0.717, 1.165) is 31.0 Å². The topological polar surface area (TPSA) is 30.5 Å². The van der Waals surface area contributed by atoms with Gasteiger partial charge in [0, 0.05) is 25.1 Å². The number of benzene rings is 3. The van der Waals surface area contributed by atoms with Gasteiger partial charge >= 0.3 is 0 Å². The average Bonchev–Trinajstić information content (AvgIpc) is 2.70. The van der Waals surface area contributed by atoms with Gasteiger partial charge in [0.2, 0.25) is 0 Å². The molecular formula is C23H25NO2. The van der Waals surface area contributed by atoms with Crippen LogP contribution in [0, 0.1) is 0 Å². The van der Waals surface area contributed by atoms with Crippen LogP contribution in [0.5, 0.6) is 11.5 Å². The second kappa shape index (κ2) is 9.64. The zero-order valence-corrected chi connectivity index (χ0v) is 15.2. The van der Waals surface area contributed by atoms with Crippen molar-refractivity contribution in [2.24, 2.45) is 0 Å². The van der Waals surface area contributed by atoms with Crippen LogP contribution in [0.2, 0.25) is 0 Å². The quantitative estimate of drug-likeness (QED) is 0.613. The van der Waals surface area contributed by atoms with Gasteiger partial charge < -0.3 is 14.8 Å². The average molecular weight is 347 g/mol. The van der Waals surface area contributed by atoms with Crippen LogP contribution in [-0.4, -0.2) is 13.7 Å². The molecule has 26 heavy (non-hydrogen) atoms. The minimum atomic E-state index is 0.680. The van der Waals surface area contributed by atoms with Crippen molar-refractivity contribution in [3.63, 3.8) is 0 Å². The molecule has 0 heterocycles. The third-order valence-corrected chi connectivity index (χ3v) is 4.27. The first-order chi connectivity index (χ1) is 12.8. The molecule has 3 rings (SSSR count). The number of nitrogens with one attached hydrogen (secondary N) is 1. The van der Waals surface area contributed by atoms with Crippen LogP contribution in [0.4, 0.5) is 0 Å². The Morgan fingerprint density at radius 2 is 1.46 bits per heavy atom. The Bertz CT molecular complexity index is 785. The normalized spacial score (nSPS) is 10.5. The van der Waals surface area contributed by atoms with E-state index in [1.54, 1.807) is 7.11 Å². The summed E-state index contributed by atoms with van der Waals surface area (Å²) < 4.78 is 11.2. The summed E-state index contributed by atoms with van der Waals surface area (Å²) in [6.45, 7) is 2.26. The fourth-order valence-corrected chi connectivity index (χ4v) is 2.80. The molecule has 0 aliphatic heterocycles. The van der Waals surface area contributed by atoms with Crippen LogP contribution in [0.25, 0.3) is 0 Å². The van der Waals surface area contributed by atoms with Crippen LogP contribution in [0.1, 0.15) is 16.7 Å². The van der Waals surface area contributed by atoms with E-state index in [9.17, 15) is 0 Å². The van der Waals surface area contributed by atoms with E-state index in [4.69, 9.17) is 9.47 Å². The van der Waals surface area contributed by atoms with E-state index in [2.05, 4.69) is 53.8 Å². The Kier molecular flexibility index (Phi) is 6.68. The number of para-hydroxylation sites is 1. The van der Waals surface area contributed by atoms with Crippen molar-refractivity contribution in [3.05, 3.63) is 95.6 Å². The molecule has 0 spiro atoms. The molecule has 0 aromatic heterocycles. The molecule has 134 valence electrons. The van der Waals surface area contributed by atoms with E-state index >= 15 is 0 Å². The minimum absolute atomic E-state index is 0.680. The second-order valence-corrected chi connectivity index (χ2v) is 6.14. The lowest BCUT2D eigenvalue weighted by Crippen LogP contribution is -2.14. The van der Waals surface area contributed by atoms with Crippen molar-refractivity contribution in [1.29, 1.82) is 0 Å². The first-order valence-electron chi connectivity index (χ1n) is 8.93. The summed E-state index contributed by atoms with van der Waals surface area (Å²) >= 11 is 0. The highest BCUT2D eigenvalue weighted by atomic mass is 16.5. The van der Waals surface area contributed by atoms with Gasteiger partial charge in [-0.15, -0.1) is 0 Å². The van der Waals surface area contributed by atoms with Gasteiger partial charge in [-0.3, -0.25) is 0 Å². The van der Waals surface area contributed by atoms with Crippen molar-refractivity contribution in [2.45, 2.75) is 19.5 Å². The first kappa shape index (κ1) is 18.0. The summed E-state index contributed by atoms with van der Waals surface area (Å²) in [5, 5.41) is 3.48. The molecule has 3 aromatic rings. The maximum absolute atomic E-state index is 6.02. The molecule has 0 fully saturated rings. The van der Waals surface area contributed by atoms with Crippen LogP contribution in [0.15, 0.2) is 78.9 Å². The number of ether oxygens (including phenoxy) is 2. The zero-order valence-electron chi connectivity index (χ0n) is 15.2. The standard InChI is InChI=1S/C23H25NO2/c1-25-22-13-11-20(12-14-22)17-24-18-21-9-5-6-10-23(21)26-16-15-19-7-3-2-4-8-19/h2-14,24H,15-18H2,1H3. The van der Waals surface area contributed by atoms with E-state index in [1.165, 1.54) is 16.7 Å². The lowest BCUT2D eigenvalue weighted by Gasteiger charge is -2.12. The Hall–Kier alpha value is -2.78. The van der Waals surface area contributed by atoms with Crippen molar-refractivity contribution >= 4 is 0 Å². The summed E-state index contributed by atoms with van der Waals surface area (Å²) in [5.41, 5.74) is 3.70. The summed E-state index contributed by atoms with van der Waals surface area (Å²) in [6, 6.07) is 26.8. The van der Waals surface area contributed by atoms with Gasteiger partial charge in [0.15, 0.2) is 0 Å². The van der Waals surface area contributed by atoms with E-state index < -0.39 is 0 Å². The maximum Gasteiger partial charge on any atom is 0.123 e. The molecule has 3 heteroatoms. The Morgan fingerprint density at radius 1 is 0.731 bits per heavy atom. The van der Waals surface area contributed by atoms with Gasteiger partial charge in [0.1, 0.15) is 11.5 Å². The van der Waals surface area contributed by atoms with Crippen LogP contribution >= 0.6 is 0 Å². The zero-order chi connectivity index (χ0) is 18.0. The number of rotatable bonds is 9. The number of hydrogen-bond acceptors (Lipinski definition) is 3. The van der Waals surface area contributed by atoms with Crippen LogP contribution < -0.4 is 14.8 Å². The highest BCUT2D eigenvalue weighted by molar-refractivity contribution is 5.33. The largest absolute Gasteiger partial charge is 0.497 e. The molecule has 0 saturated carbocycles. The molecule has 0 saturated heterocycles. The van der Waals surface area contributed by atoms with E-state index in [-0.39, 0.29) is 0 Å².